The molecule has 17 heavy (non-hydrogen) atoms. The van der Waals surface area contributed by atoms with E-state index in [1.54, 1.807) is 12.1 Å². The summed E-state index contributed by atoms with van der Waals surface area (Å²) >= 11 is 3.16. The normalized spacial score (nSPS) is 12.5. The quantitative estimate of drug-likeness (QED) is 0.875. The van der Waals surface area contributed by atoms with E-state index in [0.29, 0.717) is 16.5 Å². The van der Waals surface area contributed by atoms with Crippen molar-refractivity contribution in [3.8, 4) is 0 Å². The molecular formula is C13H17BrFNO. The molecule has 1 aromatic rings. The van der Waals surface area contributed by atoms with Gasteiger partial charge in [0.05, 0.1) is 4.47 Å². The standard InChI is InChI=1S/C13H17BrFNO/c1-3-16-9(2)7-11(17)8-10-5-4-6-12(15)13(10)14/h4-6,9,16H,3,7-8H2,1-2H3. The van der Waals surface area contributed by atoms with Crippen LogP contribution in [0.1, 0.15) is 25.8 Å². The SMILES string of the molecule is CCNC(C)CC(=O)Cc1cccc(F)c1Br. The maximum absolute atomic E-state index is 13.2. The van der Waals surface area contributed by atoms with E-state index in [9.17, 15) is 9.18 Å². The molecule has 94 valence electrons. The predicted octanol–water partition coefficient (Wildman–Crippen LogP) is 3.09. The molecule has 0 aromatic heterocycles. The molecule has 0 amide bonds. The summed E-state index contributed by atoms with van der Waals surface area (Å²) in [4.78, 5) is 11.8. The second-order valence-corrected chi connectivity index (χ2v) is 4.88. The maximum Gasteiger partial charge on any atom is 0.138 e. The zero-order valence-electron chi connectivity index (χ0n) is 10.1. The van der Waals surface area contributed by atoms with E-state index in [1.165, 1.54) is 6.07 Å². The highest BCUT2D eigenvalue weighted by Crippen LogP contribution is 2.21. The van der Waals surface area contributed by atoms with Crippen LogP contribution in [0.25, 0.3) is 0 Å². The van der Waals surface area contributed by atoms with Crippen molar-refractivity contribution in [1.82, 2.24) is 5.32 Å². The van der Waals surface area contributed by atoms with Gasteiger partial charge in [-0.05, 0) is 41.0 Å². The first-order valence-electron chi connectivity index (χ1n) is 5.72. The maximum atomic E-state index is 13.2. The zero-order valence-corrected chi connectivity index (χ0v) is 11.7. The van der Waals surface area contributed by atoms with Crippen molar-refractivity contribution in [3.63, 3.8) is 0 Å². The van der Waals surface area contributed by atoms with Gasteiger partial charge in [-0.25, -0.2) is 4.39 Å². The summed E-state index contributed by atoms with van der Waals surface area (Å²) in [6.07, 6.45) is 0.741. The monoisotopic (exact) mass is 301 g/mol. The third-order valence-corrected chi connectivity index (χ3v) is 3.39. The van der Waals surface area contributed by atoms with Crippen LogP contribution in [0.15, 0.2) is 22.7 Å². The lowest BCUT2D eigenvalue weighted by Gasteiger charge is -2.11. The third kappa shape index (κ3) is 4.56. The van der Waals surface area contributed by atoms with Gasteiger partial charge >= 0.3 is 0 Å². The van der Waals surface area contributed by atoms with Gasteiger partial charge in [-0.2, -0.15) is 0 Å². The Morgan fingerprint density at radius 3 is 2.88 bits per heavy atom. The fraction of sp³-hybridized carbons (Fsp3) is 0.462. The highest BCUT2D eigenvalue weighted by atomic mass is 79.9. The fourth-order valence-electron chi connectivity index (χ4n) is 1.73. The molecule has 0 aliphatic carbocycles. The van der Waals surface area contributed by atoms with Gasteiger partial charge in [0.2, 0.25) is 0 Å². The summed E-state index contributed by atoms with van der Waals surface area (Å²) in [6.45, 7) is 4.82. The minimum absolute atomic E-state index is 0.116. The number of Topliss-reactive ketones (excluding diaryl/α,β-unsaturated/α-hetero) is 1. The molecule has 0 spiro atoms. The van der Waals surface area contributed by atoms with Crippen molar-refractivity contribution in [3.05, 3.63) is 34.1 Å². The van der Waals surface area contributed by atoms with Gasteiger partial charge in [-0.15, -0.1) is 0 Å². The molecule has 2 nitrogen and oxygen atoms in total. The van der Waals surface area contributed by atoms with E-state index in [2.05, 4.69) is 21.2 Å². The average molecular weight is 302 g/mol. The smallest absolute Gasteiger partial charge is 0.138 e. The number of halogens is 2. The summed E-state index contributed by atoms with van der Waals surface area (Å²) < 4.78 is 13.6. The first kappa shape index (κ1) is 14.3. The van der Waals surface area contributed by atoms with Crippen LogP contribution in [0, 0.1) is 5.82 Å². The molecule has 1 aromatic carbocycles. The third-order valence-electron chi connectivity index (χ3n) is 2.51. The van der Waals surface area contributed by atoms with Crippen LogP contribution in [0.5, 0.6) is 0 Å². The Kier molecular flexibility index (Phi) is 5.78. The summed E-state index contributed by atoms with van der Waals surface area (Å²) in [5.74, 6) is -0.209. The molecule has 1 rings (SSSR count). The Labute approximate surface area is 110 Å². The minimum Gasteiger partial charge on any atom is -0.314 e. The number of hydrogen-bond donors (Lipinski definition) is 1. The molecule has 1 atom stereocenters. The Morgan fingerprint density at radius 1 is 1.53 bits per heavy atom. The van der Waals surface area contributed by atoms with E-state index in [1.807, 2.05) is 13.8 Å². The summed E-state index contributed by atoms with van der Waals surface area (Å²) in [6, 6.07) is 4.93. The van der Waals surface area contributed by atoms with E-state index in [-0.39, 0.29) is 24.1 Å². The molecule has 0 saturated heterocycles. The average Bonchev–Trinajstić information content (AvgIpc) is 2.25. The Balaban J connectivity index is 2.59. The molecule has 4 heteroatoms. The number of benzene rings is 1. The van der Waals surface area contributed by atoms with Crippen LogP contribution in [0.2, 0.25) is 0 Å². The molecule has 0 aliphatic heterocycles. The van der Waals surface area contributed by atoms with Crippen molar-refractivity contribution >= 4 is 21.7 Å². The zero-order chi connectivity index (χ0) is 12.8. The van der Waals surface area contributed by atoms with Crippen molar-refractivity contribution < 1.29 is 9.18 Å². The molecule has 0 bridgehead atoms. The summed E-state index contributed by atoms with van der Waals surface area (Å²) in [7, 11) is 0. The molecule has 0 heterocycles. The van der Waals surface area contributed by atoms with Gasteiger partial charge in [0, 0.05) is 18.9 Å². The summed E-state index contributed by atoms with van der Waals surface area (Å²) in [5.41, 5.74) is 0.707. The van der Waals surface area contributed by atoms with Crippen LogP contribution in [0.3, 0.4) is 0 Å². The lowest BCUT2D eigenvalue weighted by atomic mass is 10.0. The molecule has 0 aliphatic rings. The first-order chi connectivity index (χ1) is 8.04. The number of nitrogens with one attached hydrogen (secondary N) is 1. The van der Waals surface area contributed by atoms with Gasteiger partial charge in [0.25, 0.3) is 0 Å². The number of hydrogen-bond acceptors (Lipinski definition) is 2. The minimum atomic E-state index is -0.324. The van der Waals surface area contributed by atoms with Crippen molar-refractivity contribution in [1.29, 1.82) is 0 Å². The van der Waals surface area contributed by atoms with Gasteiger partial charge in [0.15, 0.2) is 0 Å². The van der Waals surface area contributed by atoms with E-state index < -0.39 is 0 Å². The molecule has 0 fully saturated rings. The van der Waals surface area contributed by atoms with Gasteiger partial charge in [-0.3, -0.25) is 4.79 Å². The highest BCUT2D eigenvalue weighted by Gasteiger charge is 2.12. The van der Waals surface area contributed by atoms with Gasteiger partial charge < -0.3 is 5.32 Å². The van der Waals surface area contributed by atoms with Gasteiger partial charge in [0.1, 0.15) is 11.6 Å². The second-order valence-electron chi connectivity index (χ2n) is 4.09. The van der Waals surface area contributed by atoms with Gasteiger partial charge in [-0.1, -0.05) is 19.1 Å². The topological polar surface area (TPSA) is 29.1 Å². The predicted molar refractivity (Wildman–Crippen MR) is 70.6 cm³/mol. The largest absolute Gasteiger partial charge is 0.314 e. The number of rotatable bonds is 6. The lowest BCUT2D eigenvalue weighted by Crippen LogP contribution is -2.28. The Hall–Kier alpha value is -0.740. The van der Waals surface area contributed by atoms with Crippen LogP contribution >= 0.6 is 15.9 Å². The van der Waals surface area contributed by atoms with Crippen LogP contribution < -0.4 is 5.32 Å². The number of carbonyl (C=O) groups excluding carboxylic acids is 1. The molecule has 1 N–H and O–H groups in total. The number of ketones is 1. The van der Waals surface area contributed by atoms with Crippen LogP contribution in [-0.4, -0.2) is 18.4 Å². The lowest BCUT2D eigenvalue weighted by molar-refractivity contribution is -0.118. The fourth-order valence-corrected chi connectivity index (χ4v) is 2.14. The highest BCUT2D eigenvalue weighted by molar-refractivity contribution is 9.10. The van der Waals surface area contributed by atoms with E-state index in [4.69, 9.17) is 0 Å². The van der Waals surface area contributed by atoms with Crippen molar-refractivity contribution in [2.24, 2.45) is 0 Å². The summed E-state index contributed by atoms with van der Waals surface area (Å²) in [5, 5.41) is 3.18. The van der Waals surface area contributed by atoms with E-state index in [0.717, 1.165) is 6.54 Å². The molecule has 0 radical (unpaired) electrons. The number of carbonyl (C=O) groups is 1. The molecular weight excluding hydrogens is 285 g/mol. The van der Waals surface area contributed by atoms with Crippen molar-refractivity contribution in [2.45, 2.75) is 32.7 Å². The molecule has 1 unspecified atom stereocenters. The van der Waals surface area contributed by atoms with Crippen LogP contribution in [0.4, 0.5) is 4.39 Å². The van der Waals surface area contributed by atoms with Crippen molar-refractivity contribution in [2.75, 3.05) is 6.54 Å². The Bertz CT molecular complexity index is 395. The second kappa shape index (κ2) is 6.87. The molecule has 0 saturated carbocycles. The first-order valence-corrected chi connectivity index (χ1v) is 6.51. The Morgan fingerprint density at radius 2 is 2.24 bits per heavy atom. The van der Waals surface area contributed by atoms with E-state index >= 15 is 0 Å². The van der Waals surface area contributed by atoms with Crippen LogP contribution in [-0.2, 0) is 11.2 Å².